The van der Waals surface area contributed by atoms with Crippen molar-refractivity contribution in [3.63, 3.8) is 0 Å². The van der Waals surface area contributed by atoms with Crippen LogP contribution in [0.3, 0.4) is 0 Å². The lowest BCUT2D eigenvalue weighted by molar-refractivity contribution is -0.677. The van der Waals surface area contributed by atoms with Gasteiger partial charge in [-0.15, -0.1) is 0 Å². The molecule has 18 heavy (non-hydrogen) atoms. The molecule has 0 saturated heterocycles. The zero-order valence-electron chi connectivity index (χ0n) is 11.0. The van der Waals surface area contributed by atoms with E-state index in [1.165, 1.54) is 33.7 Å². The largest absolute Gasteiger partial charge is 0.205 e. The SMILES string of the molecule is CCCc1cc2cc3ccccc3cc2c[n+]1C. The fraction of sp³-hybridized carbons (Fsp3) is 0.235. The van der Waals surface area contributed by atoms with Crippen molar-refractivity contribution < 1.29 is 4.57 Å². The quantitative estimate of drug-likeness (QED) is 0.471. The minimum atomic E-state index is 1.14. The molecule has 0 radical (unpaired) electrons. The number of nitrogens with zero attached hydrogens (tertiary/aromatic N) is 1. The standard InChI is InChI=1S/C17H18N/c1-3-6-17-11-15-9-13-7-4-5-8-14(13)10-16(15)12-18(17)2/h4-5,7-12H,3,6H2,1-2H3/q+1. The van der Waals surface area contributed by atoms with Crippen LogP contribution in [-0.4, -0.2) is 0 Å². The van der Waals surface area contributed by atoms with Crippen LogP contribution in [0, 0.1) is 0 Å². The maximum Gasteiger partial charge on any atom is 0.181 e. The summed E-state index contributed by atoms with van der Waals surface area (Å²) in [7, 11) is 2.14. The van der Waals surface area contributed by atoms with Gasteiger partial charge in [-0.3, -0.25) is 0 Å². The number of hydrogen-bond acceptors (Lipinski definition) is 0. The second kappa shape index (κ2) is 4.41. The van der Waals surface area contributed by atoms with E-state index >= 15 is 0 Å². The second-order valence-electron chi connectivity index (χ2n) is 4.95. The molecule has 90 valence electrons. The minimum Gasteiger partial charge on any atom is -0.205 e. The number of hydrogen-bond donors (Lipinski definition) is 0. The van der Waals surface area contributed by atoms with Crippen molar-refractivity contribution in [1.82, 2.24) is 0 Å². The van der Waals surface area contributed by atoms with Gasteiger partial charge in [0.05, 0.1) is 0 Å². The molecular formula is C17H18N+. The van der Waals surface area contributed by atoms with Gasteiger partial charge < -0.3 is 0 Å². The van der Waals surface area contributed by atoms with Crippen LogP contribution in [0.15, 0.2) is 48.7 Å². The molecule has 1 heterocycles. The third-order valence-electron chi connectivity index (χ3n) is 3.57. The highest BCUT2D eigenvalue weighted by molar-refractivity contribution is 5.97. The zero-order valence-corrected chi connectivity index (χ0v) is 11.0. The minimum absolute atomic E-state index is 1.14. The van der Waals surface area contributed by atoms with E-state index in [2.05, 4.69) is 67.2 Å². The zero-order chi connectivity index (χ0) is 12.5. The molecule has 0 aliphatic heterocycles. The van der Waals surface area contributed by atoms with Crippen LogP contribution in [0.2, 0.25) is 0 Å². The van der Waals surface area contributed by atoms with E-state index in [0.29, 0.717) is 0 Å². The Labute approximate surface area is 108 Å². The summed E-state index contributed by atoms with van der Waals surface area (Å²) in [5.74, 6) is 0. The molecule has 1 aromatic heterocycles. The fourth-order valence-corrected chi connectivity index (χ4v) is 2.59. The second-order valence-corrected chi connectivity index (χ2v) is 4.95. The van der Waals surface area contributed by atoms with Gasteiger partial charge >= 0.3 is 0 Å². The third-order valence-corrected chi connectivity index (χ3v) is 3.57. The summed E-state index contributed by atoms with van der Waals surface area (Å²) in [5, 5.41) is 5.29. The van der Waals surface area contributed by atoms with E-state index in [-0.39, 0.29) is 0 Å². The van der Waals surface area contributed by atoms with E-state index in [0.717, 1.165) is 6.42 Å². The Hall–Kier alpha value is -1.89. The summed E-state index contributed by atoms with van der Waals surface area (Å²) < 4.78 is 2.25. The third kappa shape index (κ3) is 1.86. The first-order chi connectivity index (χ1) is 8.78. The molecule has 0 saturated carbocycles. The van der Waals surface area contributed by atoms with Gasteiger partial charge in [0, 0.05) is 17.9 Å². The molecule has 3 rings (SSSR count). The van der Waals surface area contributed by atoms with Crippen molar-refractivity contribution in [3.05, 3.63) is 54.4 Å². The maximum atomic E-state index is 2.32. The highest BCUT2D eigenvalue weighted by Gasteiger charge is 2.08. The predicted octanol–water partition coefficient (Wildman–Crippen LogP) is 3.77. The van der Waals surface area contributed by atoms with Gasteiger partial charge in [-0.05, 0) is 34.7 Å². The monoisotopic (exact) mass is 236 g/mol. The van der Waals surface area contributed by atoms with Crippen LogP contribution in [0.4, 0.5) is 0 Å². The fourth-order valence-electron chi connectivity index (χ4n) is 2.59. The van der Waals surface area contributed by atoms with Crippen molar-refractivity contribution in [3.8, 4) is 0 Å². The summed E-state index contributed by atoms with van der Waals surface area (Å²) in [6, 6.07) is 15.5. The molecule has 3 aromatic rings. The maximum absolute atomic E-state index is 2.32. The average molecular weight is 236 g/mol. The molecule has 2 aromatic carbocycles. The lowest BCUT2D eigenvalue weighted by Gasteiger charge is -2.04. The lowest BCUT2D eigenvalue weighted by Crippen LogP contribution is -2.32. The Balaban J connectivity index is 2.29. The van der Waals surface area contributed by atoms with Gasteiger partial charge in [-0.1, -0.05) is 31.2 Å². The normalized spacial score (nSPS) is 11.2. The summed E-state index contributed by atoms with van der Waals surface area (Å²) in [6.45, 7) is 2.23. The van der Waals surface area contributed by atoms with E-state index in [9.17, 15) is 0 Å². The van der Waals surface area contributed by atoms with Gasteiger partial charge in [0.15, 0.2) is 11.9 Å². The van der Waals surface area contributed by atoms with Crippen molar-refractivity contribution in [2.75, 3.05) is 0 Å². The average Bonchev–Trinajstić information content (AvgIpc) is 2.38. The van der Waals surface area contributed by atoms with Crippen molar-refractivity contribution >= 4 is 21.5 Å². The summed E-state index contributed by atoms with van der Waals surface area (Å²) in [4.78, 5) is 0. The van der Waals surface area contributed by atoms with Crippen molar-refractivity contribution in [2.45, 2.75) is 19.8 Å². The van der Waals surface area contributed by atoms with Gasteiger partial charge in [0.25, 0.3) is 0 Å². The van der Waals surface area contributed by atoms with E-state index in [1.807, 2.05) is 0 Å². The summed E-state index contributed by atoms with van der Waals surface area (Å²) >= 11 is 0. The molecule has 1 heteroatoms. The Kier molecular flexibility index (Phi) is 2.75. The Morgan fingerprint density at radius 1 is 0.889 bits per heavy atom. The number of benzene rings is 2. The molecular weight excluding hydrogens is 218 g/mol. The van der Waals surface area contributed by atoms with Crippen LogP contribution in [-0.2, 0) is 13.5 Å². The molecule has 0 fully saturated rings. The first-order valence-corrected chi connectivity index (χ1v) is 6.59. The highest BCUT2D eigenvalue weighted by Crippen LogP contribution is 2.22. The number of fused-ring (bicyclic) bond motifs is 2. The predicted molar refractivity (Wildman–Crippen MR) is 76.6 cm³/mol. The Bertz CT molecular complexity index is 713. The van der Waals surface area contributed by atoms with Crippen LogP contribution in [0.5, 0.6) is 0 Å². The smallest absolute Gasteiger partial charge is 0.181 e. The van der Waals surface area contributed by atoms with Crippen LogP contribution >= 0.6 is 0 Å². The molecule has 0 spiro atoms. The van der Waals surface area contributed by atoms with Crippen molar-refractivity contribution in [2.24, 2.45) is 7.05 Å². The van der Waals surface area contributed by atoms with Gasteiger partial charge in [0.1, 0.15) is 7.05 Å². The highest BCUT2D eigenvalue weighted by atomic mass is 14.9. The number of aromatic nitrogens is 1. The summed E-state index contributed by atoms with van der Waals surface area (Å²) in [5.41, 5.74) is 1.40. The number of aryl methyl sites for hydroxylation is 2. The molecule has 1 nitrogen and oxygen atoms in total. The Morgan fingerprint density at radius 3 is 2.22 bits per heavy atom. The first kappa shape index (κ1) is 11.2. The number of pyridine rings is 1. The summed E-state index contributed by atoms with van der Waals surface area (Å²) in [6.07, 6.45) is 4.57. The van der Waals surface area contributed by atoms with Crippen molar-refractivity contribution in [1.29, 1.82) is 0 Å². The van der Waals surface area contributed by atoms with Crippen LogP contribution in [0.1, 0.15) is 19.0 Å². The molecule has 0 aliphatic carbocycles. The molecule has 0 N–H and O–H groups in total. The topological polar surface area (TPSA) is 3.88 Å². The van der Waals surface area contributed by atoms with Crippen LogP contribution < -0.4 is 4.57 Å². The van der Waals surface area contributed by atoms with E-state index < -0.39 is 0 Å². The van der Waals surface area contributed by atoms with E-state index in [4.69, 9.17) is 0 Å². The molecule has 0 bridgehead atoms. The molecule has 0 atom stereocenters. The molecule has 0 unspecified atom stereocenters. The lowest BCUT2D eigenvalue weighted by atomic mass is 10.0. The van der Waals surface area contributed by atoms with Gasteiger partial charge in [-0.25, -0.2) is 4.57 Å². The molecule has 0 amide bonds. The van der Waals surface area contributed by atoms with Gasteiger partial charge in [-0.2, -0.15) is 0 Å². The Morgan fingerprint density at radius 2 is 1.56 bits per heavy atom. The van der Waals surface area contributed by atoms with Gasteiger partial charge in [0.2, 0.25) is 0 Å². The van der Waals surface area contributed by atoms with Crippen LogP contribution in [0.25, 0.3) is 21.5 Å². The first-order valence-electron chi connectivity index (χ1n) is 6.59. The molecule has 0 aliphatic rings. The van der Waals surface area contributed by atoms with E-state index in [1.54, 1.807) is 0 Å². The number of rotatable bonds is 2.